The van der Waals surface area contributed by atoms with Gasteiger partial charge in [0.25, 0.3) is 10.0 Å². The second kappa shape index (κ2) is 8.41. The van der Waals surface area contributed by atoms with Crippen LogP contribution in [0.25, 0.3) is 0 Å². The largest absolute Gasteiger partial charge is 0.280 e. The standard InChI is InChI=1S/C19H23ClN2O4S2/c1-2-17-5-3-4-14-22(17)28(25,26)19-12-8-16(9-13-19)21-27(23,24)18-10-6-15(20)7-11-18/h6-13,17,21H,2-5,14H2,1H3. The molecule has 0 radical (unpaired) electrons. The van der Waals surface area contributed by atoms with E-state index in [0.717, 1.165) is 25.7 Å². The maximum atomic E-state index is 13.0. The molecule has 0 aromatic heterocycles. The van der Waals surface area contributed by atoms with Crippen LogP contribution in [0.15, 0.2) is 58.3 Å². The normalized spacial score (nSPS) is 18.7. The minimum Gasteiger partial charge on any atom is -0.280 e. The monoisotopic (exact) mass is 442 g/mol. The molecule has 0 spiro atoms. The van der Waals surface area contributed by atoms with Crippen LogP contribution in [-0.2, 0) is 20.0 Å². The van der Waals surface area contributed by atoms with Gasteiger partial charge in [0.2, 0.25) is 10.0 Å². The molecule has 1 unspecified atom stereocenters. The van der Waals surface area contributed by atoms with Crippen LogP contribution in [0.3, 0.4) is 0 Å². The molecule has 28 heavy (non-hydrogen) atoms. The fourth-order valence-corrected chi connectivity index (χ4v) is 6.31. The summed E-state index contributed by atoms with van der Waals surface area (Å²) in [6.45, 7) is 2.51. The molecule has 6 nitrogen and oxygen atoms in total. The number of halogens is 1. The van der Waals surface area contributed by atoms with E-state index in [1.54, 1.807) is 4.31 Å². The van der Waals surface area contributed by atoms with Crippen LogP contribution in [-0.4, -0.2) is 33.7 Å². The number of nitrogens with zero attached hydrogens (tertiary/aromatic N) is 1. The Kier molecular flexibility index (Phi) is 6.34. The van der Waals surface area contributed by atoms with Crippen molar-refractivity contribution >= 4 is 37.3 Å². The van der Waals surface area contributed by atoms with Gasteiger partial charge in [0.05, 0.1) is 9.79 Å². The van der Waals surface area contributed by atoms with Crippen LogP contribution < -0.4 is 4.72 Å². The average Bonchev–Trinajstić information content (AvgIpc) is 2.68. The molecular formula is C19H23ClN2O4S2. The van der Waals surface area contributed by atoms with Gasteiger partial charge >= 0.3 is 0 Å². The van der Waals surface area contributed by atoms with Gasteiger partial charge in [-0.15, -0.1) is 0 Å². The predicted octanol–water partition coefficient (Wildman–Crippen LogP) is 4.09. The van der Waals surface area contributed by atoms with Crippen molar-refractivity contribution in [2.75, 3.05) is 11.3 Å². The summed E-state index contributed by atoms with van der Waals surface area (Å²) < 4.78 is 54.9. The highest BCUT2D eigenvalue weighted by Crippen LogP contribution is 2.28. The molecule has 152 valence electrons. The summed E-state index contributed by atoms with van der Waals surface area (Å²) in [4.78, 5) is 0.245. The molecule has 0 bridgehead atoms. The third kappa shape index (κ3) is 4.51. The first-order valence-electron chi connectivity index (χ1n) is 9.14. The van der Waals surface area contributed by atoms with Crippen LogP contribution in [0.5, 0.6) is 0 Å². The van der Waals surface area contributed by atoms with Crippen molar-refractivity contribution in [3.63, 3.8) is 0 Å². The van der Waals surface area contributed by atoms with E-state index >= 15 is 0 Å². The minimum atomic E-state index is -3.78. The fourth-order valence-electron chi connectivity index (χ4n) is 3.36. The highest BCUT2D eigenvalue weighted by Gasteiger charge is 2.32. The Morgan fingerprint density at radius 1 is 0.964 bits per heavy atom. The van der Waals surface area contributed by atoms with Crippen LogP contribution in [0.2, 0.25) is 5.02 Å². The Morgan fingerprint density at radius 2 is 1.57 bits per heavy atom. The lowest BCUT2D eigenvalue weighted by atomic mass is 10.0. The number of hydrogen-bond acceptors (Lipinski definition) is 4. The smallest absolute Gasteiger partial charge is 0.261 e. The average molecular weight is 443 g/mol. The van der Waals surface area contributed by atoms with E-state index in [1.807, 2.05) is 6.92 Å². The van der Waals surface area contributed by atoms with Crippen LogP contribution >= 0.6 is 11.6 Å². The Balaban J connectivity index is 1.80. The molecule has 0 saturated carbocycles. The van der Waals surface area contributed by atoms with Crippen molar-refractivity contribution in [1.29, 1.82) is 0 Å². The van der Waals surface area contributed by atoms with E-state index < -0.39 is 20.0 Å². The van der Waals surface area contributed by atoms with E-state index in [2.05, 4.69) is 4.72 Å². The van der Waals surface area contributed by atoms with Gasteiger partial charge in [0.1, 0.15) is 0 Å². The van der Waals surface area contributed by atoms with E-state index in [1.165, 1.54) is 48.5 Å². The second-order valence-corrected chi connectivity index (χ2v) is 10.8. The van der Waals surface area contributed by atoms with Gasteiger partial charge in [-0.3, -0.25) is 4.72 Å². The van der Waals surface area contributed by atoms with Crippen LogP contribution in [0, 0.1) is 0 Å². The van der Waals surface area contributed by atoms with Gasteiger partial charge in [-0.1, -0.05) is 24.9 Å². The topological polar surface area (TPSA) is 83.6 Å². The molecule has 2 aromatic carbocycles. The highest BCUT2D eigenvalue weighted by molar-refractivity contribution is 7.92. The fraction of sp³-hybridized carbons (Fsp3) is 0.368. The number of benzene rings is 2. The first kappa shape index (κ1) is 21.1. The third-order valence-corrected chi connectivity index (χ3v) is 8.50. The lowest BCUT2D eigenvalue weighted by molar-refractivity contribution is 0.246. The first-order valence-corrected chi connectivity index (χ1v) is 12.4. The molecule has 1 N–H and O–H groups in total. The molecule has 0 amide bonds. The van der Waals surface area contributed by atoms with Gasteiger partial charge in [0, 0.05) is 23.3 Å². The molecule has 1 atom stereocenters. The SMILES string of the molecule is CCC1CCCCN1S(=O)(=O)c1ccc(NS(=O)(=O)c2ccc(Cl)cc2)cc1. The Morgan fingerprint density at radius 3 is 2.18 bits per heavy atom. The summed E-state index contributed by atoms with van der Waals surface area (Å²) in [7, 11) is -7.38. The molecule has 9 heteroatoms. The Bertz CT molecular complexity index is 1020. The van der Waals surface area contributed by atoms with E-state index in [4.69, 9.17) is 11.6 Å². The van der Waals surface area contributed by atoms with Crippen LogP contribution in [0.4, 0.5) is 5.69 Å². The van der Waals surface area contributed by atoms with E-state index in [9.17, 15) is 16.8 Å². The maximum absolute atomic E-state index is 13.0. The van der Waals surface area contributed by atoms with Crippen molar-refractivity contribution in [3.8, 4) is 0 Å². The van der Waals surface area contributed by atoms with Gasteiger partial charge in [-0.25, -0.2) is 16.8 Å². The zero-order valence-electron chi connectivity index (χ0n) is 15.5. The summed E-state index contributed by atoms with van der Waals surface area (Å²) in [6.07, 6.45) is 3.54. The number of sulfonamides is 2. The molecule has 1 aliphatic heterocycles. The Hall–Kier alpha value is -1.61. The van der Waals surface area contributed by atoms with Gasteiger partial charge in [0.15, 0.2) is 0 Å². The van der Waals surface area contributed by atoms with Crippen molar-refractivity contribution in [3.05, 3.63) is 53.6 Å². The maximum Gasteiger partial charge on any atom is 0.261 e. The van der Waals surface area contributed by atoms with E-state index in [0.29, 0.717) is 17.3 Å². The lowest BCUT2D eigenvalue weighted by Crippen LogP contribution is -2.43. The zero-order valence-corrected chi connectivity index (χ0v) is 17.9. The summed E-state index contributed by atoms with van der Waals surface area (Å²) in [5.74, 6) is 0. The number of piperidine rings is 1. The Labute approximate surface area is 171 Å². The van der Waals surface area contributed by atoms with E-state index in [-0.39, 0.29) is 15.8 Å². The molecule has 0 aliphatic carbocycles. The zero-order chi connectivity index (χ0) is 20.4. The quantitative estimate of drug-likeness (QED) is 0.730. The number of hydrogen-bond donors (Lipinski definition) is 1. The first-order chi connectivity index (χ1) is 13.2. The number of anilines is 1. The lowest BCUT2D eigenvalue weighted by Gasteiger charge is -2.34. The molecule has 1 heterocycles. The summed E-state index contributed by atoms with van der Waals surface area (Å²) in [6, 6.07) is 11.6. The van der Waals surface area contributed by atoms with Gasteiger partial charge in [-0.2, -0.15) is 4.31 Å². The van der Waals surface area contributed by atoms with Crippen molar-refractivity contribution in [2.24, 2.45) is 0 Å². The highest BCUT2D eigenvalue weighted by atomic mass is 35.5. The number of rotatable bonds is 6. The molecule has 1 aliphatic rings. The van der Waals surface area contributed by atoms with Crippen molar-refractivity contribution in [2.45, 2.75) is 48.4 Å². The third-order valence-electron chi connectivity index (χ3n) is 4.88. The van der Waals surface area contributed by atoms with Gasteiger partial charge < -0.3 is 0 Å². The molecule has 2 aromatic rings. The minimum absolute atomic E-state index is 0.0156. The molecule has 3 rings (SSSR count). The van der Waals surface area contributed by atoms with Gasteiger partial charge in [-0.05, 0) is 67.8 Å². The summed E-state index contributed by atoms with van der Waals surface area (Å²) in [5, 5.41) is 0.441. The van der Waals surface area contributed by atoms with Crippen molar-refractivity contribution < 1.29 is 16.8 Å². The summed E-state index contributed by atoms with van der Waals surface area (Å²) in [5.41, 5.74) is 0.291. The molecule has 1 saturated heterocycles. The van der Waals surface area contributed by atoms with Crippen molar-refractivity contribution in [1.82, 2.24) is 4.31 Å². The molecular weight excluding hydrogens is 420 g/mol. The molecule has 1 fully saturated rings. The summed E-state index contributed by atoms with van der Waals surface area (Å²) >= 11 is 5.79. The predicted molar refractivity (Wildman–Crippen MR) is 111 cm³/mol. The van der Waals surface area contributed by atoms with Crippen LogP contribution in [0.1, 0.15) is 32.6 Å². The number of nitrogens with one attached hydrogen (secondary N) is 1. The second-order valence-electron chi connectivity index (χ2n) is 6.76.